The van der Waals surface area contributed by atoms with E-state index in [2.05, 4.69) is 10.5 Å². The van der Waals surface area contributed by atoms with Crippen LogP contribution in [0.3, 0.4) is 0 Å². The first-order chi connectivity index (χ1) is 10.8. The van der Waals surface area contributed by atoms with Crippen molar-refractivity contribution in [1.82, 2.24) is 10.5 Å². The highest BCUT2D eigenvalue weighted by Crippen LogP contribution is 2.23. The summed E-state index contributed by atoms with van der Waals surface area (Å²) in [6.07, 6.45) is -0.831. The predicted molar refractivity (Wildman–Crippen MR) is 85.5 cm³/mol. The van der Waals surface area contributed by atoms with Crippen LogP contribution >= 0.6 is 0 Å². The molecular weight excluding hydrogens is 296 g/mol. The number of amides is 1. The van der Waals surface area contributed by atoms with Gasteiger partial charge in [0, 0.05) is 18.0 Å². The quantitative estimate of drug-likeness (QED) is 0.884. The molecule has 0 aliphatic rings. The van der Waals surface area contributed by atoms with Crippen molar-refractivity contribution >= 4 is 5.91 Å². The number of carbonyl (C=O) groups is 1. The Hall–Kier alpha value is -2.34. The van der Waals surface area contributed by atoms with Crippen molar-refractivity contribution in [3.05, 3.63) is 47.3 Å². The number of carbonyl (C=O) groups excluding carboxylic acids is 1. The van der Waals surface area contributed by atoms with Crippen molar-refractivity contribution in [2.24, 2.45) is 0 Å². The second-order valence-corrected chi connectivity index (χ2v) is 6.33. The zero-order valence-corrected chi connectivity index (χ0v) is 13.8. The number of hydrogen-bond acceptors (Lipinski definition) is 5. The van der Waals surface area contributed by atoms with Crippen LogP contribution in [0, 0.1) is 0 Å². The van der Waals surface area contributed by atoms with Crippen LogP contribution in [0.1, 0.15) is 48.7 Å². The molecule has 6 nitrogen and oxygen atoms in total. The second-order valence-electron chi connectivity index (χ2n) is 6.33. The third-order valence-corrected chi connectivity index (χ3v) is 3.42. The fourth-order valence-electron chi connectivity index (χ4n) is 1.98. The highest BCUT2D eigenvalue weighted by atomic mass is 16.5. The number of nitrogens with one attached hydrogen (secondary N) is 1. The van der Waals surface area contributed by atoms with Gasteiger partial charge in [0.2, 0.25) is 0 Å². The van der Waals surface area contributed by atoms with Gasteiger partial charge in [-0.3, -0.25) is 4.79 Å². The molecule has 0 fully saturated rings. The summed E-state index contributed by atoms with van der Waals surface area (Å²) in [6, 6.07) is 8.69. The first-order valence-electron chi connectivity index (χ1n) is 7.38. The Balaban J connectivity index is 1.97. The Morgan fingerprint density at radius 1 is 1.39 bits per heavy atom. The Kier molecular flexibility index (Phi) is 5.05. The SMILES string of the molecule is COc1cccc(C(O)CNC(=O)c2cc(C(C)(C)C)on2)c1. The van der Waals surface area contributed by atoms with Gasteiger partial charge in [-0.1, -0.05) is 38.1 Å². The van der Waals surface area contributed by atoms with Crippen molar-refractivity contribution in [1.29, 1.82) is 0 Å². The van der Waals surface area contributed by atoms with Crippen molar-refractivity contribution in [3.8, 4) is 5.75 Å². The van der Waals surface area contributed by atoms with Gasteiger partial charge in [-0.15, -0.1) is 0 Å². The molecule has 0 saturated carbocycles. The van der Waals surface area contributed by atoms with Crippen molar-refractivity contribution in [2.45, 2.75) is 32.3 Å². The van der Waals surface area contributed by atoms with E-state index in [4.69, 9.17) is 9.26 Å². The van der Waals surface area contributed by atoms with E-state index in [1.807, 2.05) is 20.8 Å². The van der Waals surface area contributed by atoms with Gasteiger partial charge < -0.3 is 19.7 Å². The van der Waals surface area contributed by atoms with Gasteiger partial charge in [0.05, 0.1) is 13.2 Å². The lowest BCUT2D eigenvalue weighted by Gasteiger charge is -2.13. The van der Waals surface area contributed by atoms with E-state index in [1.165, 1.54) is 0 Å². The second kappa shape index (κ2) is 6.83. The summed E-state index contributed by atoms with van der Waals surface area (Å²) >= 11 is 0. The van der Waals surface area contributed by atoms with E-state index >= 15 is 0 Å². The average Bonchev–Trinajstić information content (AvgIpc) is 3.02. The molecule has 0 radical (unpaired) electrons. The molecular formula is C17H22N2O4. The molecule has 1 aromatic carbocycles. The first kappa shape index (κ1) is 17.0. The summed E-state index contributed by atoms with van der Waals surface area (Å²) in [7, 11) is 1.56. The summed E-state index contributed by atoms with van der Waals surface area (Å²) in [4.78, 5) is 12.1. The molecule has 1 atom stereocenters. The Labute approximate surface area is 135 Å². The molecule has 0 aliphatic heterocycles. The lowest BCUT2D eigenvalue weighted by Crippen LogP contribution is -2.28. The lowest BCUT2D eigenvalue weighted by atomic mass is 9.93. The van der Waals surface area contributed by atoms with Gasteiger partial charge >= 0.3 is 0 Å². The molecule has 1 amide bonds. The number of methoxy groups -OCH3 is 1. The fraction of sp³-hybridized carbons (Fsp3) is 0.412. The highest BCUT2D eigenvalue weighted by molar-refractivity contribution is 5.92. The Morgan fingerprint density at radius 2 is 2.13 bits per heavy atom. The Morgan fingerprint density at radius 3 is 2.74 bits per heavy atom. The van der Waals surface area contributed by atoms with E-state index < -0.39 is 6.10 Å². The molecule has 0 spiro atoms. The molecule has 2 aromatic rings. The highest BCUT2D eigenvalue weighted by Gasteiger charge is 2.22. The van der Waals surface area contributed by atoms with Gasteiger partial charge in [-0.2, -0.15) is 0 Å². The number of rotatable bonds is 5. The standard InChI is InChI=1S/C17H22N2O4/c1-17(2,3)15-9-13(19-23-15)16(21)18-10-14(20)11-6-5-7-12(8-11)22-4/h5-9,14,20H,10H2,1-4H3,(H,18,21). The minimum Gasteiger partial charge on any atom is -0.497 e. The molecule has 1 heterocycles. The third kappa shape index (κ3) is 4.32. The van der Waals surface area contributed by atoms with Crippen LogP contribution in [0.25, 0.3) is 0 Å². The third-order valence-electron chi connectivity index (χ3n) is 3.42. The number of aliphatic hydroxyl groups excluding tert-OH is 1. The summed E-state index contributed by atoms with van der Waals surface area (Å²) in [5.41, 5.74) is 0.652. The number of benzene rings is 1. The molecule has 0 saturated heterocycles. The zero-order chi connectivity index (χ0) is 17.0. The summed E-state index contributed by atoms with van der Waals surface area (Å²) in [5, 5.41) is 16.6. The molecule has 2 rings (SSSR count). The maximum atomic E-state index is 12.1. The predicted octanol–water partition coefficient (Wildman–Crippen LogP) is 2.44. The Bertz CT molecular complexity index is 673. The smallest absolute Gasteiger partial charge is 0.273 e. The molecule has 1 unspecified atom stereocenters. The number of ether oxygens (including phenoxy) is 1. The molecule has 0 aliphatic carbocycles. The van der Waals surface area contributed by atoms with Crippen LogP contribution in [-0.2, 0) is 5.41 Å². The van der Waals surface area contributed by atoms with Crippen LogP contribution in [0.15, 0.2) is 34.9 Å². The van der Waals surface area contributed by atoms with E-state index in [-0.39, 0.29) is 23.6 Å². The van der Waals surface area contributed by atoms with E-state index in [0.29, 0.717) is 17.1 Å². The van der Waals surface area contributed by atoms with Gasteiger partial charge in [0.25, 0.3) is 5.91 Å². The normalized spacial score (nSPS) is 12.7. The van der Waals surface area contributed by atoms with Gasteiger partial charge in [-0.25, -0.2) is 0 Å². The lowest BCUT2D eigenvalue weighted by molar-refractivity contribution is 0.0907. The maximum absolute atomic E-state index is 12.1. The summed E-state index contributed by atoms with van der Waals surface area (Å²) in [6.45, 7) is 5.99. The first-order valence-corrected chi connectivity index (χ1v) is 7.38. The number of aromatic nitrogens is 1. The maximum Gasteiger partial charge on any atom is 0.273 e. The molecule has 1 aromatic heterocycles. The molecule has 6 heteroatoms. The topological polar surface area (TPSA) is 84.6 Å². The van der Waals surface area contributed by atoms with Crippen LogP contribution in [0.2, 0.25) is 0 Å². The number of hydrogen-bond donors (Lipinski definition) is 2. The largest absolute Gasteiger partial charge is 0.497 e. The summed E-state index contributed by atoms with van der Waals surface area (Å²) in [5.74, 6) is 0.904. The number of aliphatic hydroxyl groups is 1. The number of nitrogens with zero attached hydrogens (tertiary/aromatic N) is 1. The molecule has 2 N–H and O–H groups in total. The van der Waals surface area contributed by atoms with Crippen molar-refractivity contribution in [2.75, 3.05) is 13.7 Å². The zero-order valence-electron chi connectivity index (χ0n) is 13.8. The minimum atomic E-state index is -0.831. The van der Waals surface area contributed by atoms with E-state index in [0.717, 1.165) is 0 Å². The van der Waals surface area contributed by atoms with Gasteiger partial charge in [0.1, 0.15) is 11.5 Å². The van der Waals surface area contributed by atoms with E-state index in [1.54, 1.807) is 37.4 Å². The molecule has 0 bridgehead atoms. The van der Waals surface area contributed by atoms with Crippen LogP contribution < -0.4 is 10.1 Å². The minimum absolute atomic E-state index is 0.0731. The van der Waals surface area contributed by atoms with E-state index in [9.17, 15) is 9.90 Å². The average molecular weight is 318 g/mol. The monoisotopic (exact) mass is 318 g/mol. The van der Waals surface area contributed by atoms with Gasteiger partial charge in [-0.05, 0) is 17.7 Å². The van der Waals surface area contributed by atoms with Crippen LogP contribution in [-0.4, -0.2) is 29.8 Å². The molecule has 23 heavy (non-hydrogen) atoms. The van der Waals surface area contributed by atoms with Crippen molar-refractivity contribution < 1.29 is 19.2 Å². The fourth-order valence-corrected chi connectivity index (χ4v) is 1.98. The summed E-state index contributed by atoms with van der Waals surface area (Å²) < 4.78 is 10.3. The van der Waals surface area contributed by atoms with Crippen molar-refractivity contribution in [3.63, 3.8) is 0 Å². The van der Waals surface area contributed by atoms with Gasteiger partial charge in [0.15, 0.2) is 5.69 Å². The molecule has 124 valence electrons. The van der Waals surface area contributed by atoms with Crippen LogP contribution in [0.4, 0.5) is 0 Å². The van der Waals surface area contributed by atoms with Crippen LogP contribution in [0.5, 0.6) is 5.75 Å².